The van der Waals surface area contributed by atoms with Crippen molar-refractivity contribution < 1.29 is 0 Å². The van der Waals surface area contributed by atoms with Crippen molar-refractivity contribution in [3.63, 3.8) is 0 Å². The van der Waals surface area contributed by atoms with Crippen molar-refractivity contribution >= 4 is 23.4 Å². The molecule has 0 saturated heterocycles. The lowest BCUT2D eigenvalue weighted by molar-refractivity contribution is 0.566. The third-order valence-corrected chi connectivity index (χ3v) is 4.13. The van der Waals surface area contributed by atoms with Crippen LogP contribution in [0.5, 0.6) is 0 Å². The fraction of sp³-hybridized carbons (Fsp3) is 0.833. The Hall–Kier alpha value is -0.220. The molecule has 1 aromatic rings. The maximum absolute atomic E-state index is 6.07. The zero-order chi connectivity index (χ0) is 12.1. The summed E-state index contributed by atoms with van der Waals surface area (Å²) >= 11 is 7.99. The average Bonchev–Trinajstić information content (AvgIpc) is 3.10. The fourth-order valence-electron chi connectivity index (χ4n) is 2.02. The Morgan fingerprint density at radius 2 is 2.00 bits per heavy atom. The molecule has 0 aliphatic heterocycles. The van der Waals surface area contributed by atoms with Gasteiger partial charge in [0.25, 0.3) is 0 Å². The SMILES string of the molecule is CSCCCCCCn1c(Cl)nnc1C1CC1. The molecule has 17 heavy (non-hydrogen) atoms. The highest BCUT2D eigenvalue weighted by molar-refractivity contribution is 7.98. The molecule has 1 aliphatic carbocycles. The minimum atomic E-state index is 0.566. The molecular weight excluding hydrogens is 254 g/mol. The summed E-state index contributed by atoms with van der Waals surface area (Å²) in [6.45, 7) is 0.983. The van der Waals surface area contributed by atoms with Gasteiger partial charge in [-0.2, -0.15) is 11.8 Å². The summed E-state index contributed by atoms with van der Waals surface area (Å²) < 4.78 is 2.10. The maximum Gasteiger partial charge on any atom is 0.225 e. The van der Waals surface area contributed by atoms with Crippen molar-refractivity contribution in [2.45, 2.75) is 51.0 Å². The van der Waals surface area contributed by atoms with Crippen molar-refractivity contribution in [3.8, 4) is 0 Å². The monoisotopic (exact) mass is 273 g/mol. The van der Waals surface area contributed by atoms with Gasteiger partial charge in [-0.15, -0.1) is 10.2 Å². The van der Waals surface area contributed by atoms with Crippen LogP contribution in [-0.2, 0) is 6.54 Å². The topological polar surface area (TPSA) is 30.7 Å². The molecule has 0 N–H and O–H groups in total. The van der Waals surface area contributed by atoms with E-state index in [4.69, 9.17) is 11.6 Å². The standard InChI is InChI=1S/C12H20ClN3S/c1-17-9-5-3-2-4-8-16-11(10-6-7-10)14-15-12(16)13/h10H,2-9H2,1H3. The van der Waals surface area contributed by atoms with Crippen LogP contribution < -0.4 is 0 Å². The lowest BCUT2D eigenvalue weighted by Gasteiger charge is -2.06. The molecule has 1 aliphatic rings. The van der Waals surface area contributed by atoms with Gasteiger partial charge in [0.1, 0.15) is 5.82 Å². The van der Waals surface area contributed by atoms with Gasteiger partial charge >= 0.3 is 0 Å². The van der Waals surface area contributed by atoms with Crippen LogP contribution in [0.2, 0.25) is 5.28 Å². The Balaban J connectivity index is 1.72. The van der Waals surface area contributed by atoms with Gasteiger partial charge < -0.3 is 4.57 Å². The number of halogens is 1. The highest BCUT2D eigenvalue weighted by atomic mass is 35.5. The summed E-state index contributed by atoms with van der Waals surface area (Å²) in [5, 5.41) is 8.73. The van der Waals surface area contributed by atoms with E-state index in [9.17, 15) is 0 Å². The van der Waals surface area contributed by atoms with Gasteiger partial charge in [-0.05, 0) is 49.3 Å². The molecule has 1 saturated carbocycles. The van der Waals surface area contributed by atoms with Gasteiger partial charge in [0.15, 0.2) is 0 Å². The Kier molecular flexibility index (Phi) is 5.16. The summed E-state index contributed by atoms with van der Waals surface area (Å²) in [6, 6.07) is 0. The molecular formula is C12H20ClN3S. The summed E-state index contributed by atoms with van der Waals surface area (Å²) in [5.41, 5.74) is 0. The Labute approximate surface area is 112 Å². The normalized spacial score (nSPS) is 15.4. The number of unbranched alkanes of at least 4 members (excludes halogenated alkanes) is 3. The average molecular weight is 274 g/mol. The van der Waals surface area contributed by atoms with Crippen LogP contribution in [0.4, 0.5) is 0 Å². The molecule has 96 valence electrons. The first-order valence-electron chi connectivity index (χ1n) is 6.40. The molecule has 0 amide bonds. The van der Waals surface area contributed by atoms with Gasteiger partial charge in [0, 0.05) is 12.5 Å². The lowest BCUT2D eigenvalue weighted by atomic mass is 10.2. The molecule has 2 rings (SSSR count). The first kappa shape index (κ1) is 13.2. The molecule has 1 heterocycles. The maximum atomic E-state index is 6.07. The van der Waals surface area contributed by atoms with Gasteiger partial charge in [-0.3, -0.25) is 0 Å². The van der Waals surface area contributed by atoms with E-state index >= 15 is 0 Å². The predicted molar refractivity (Wildman–Crippen MR) is 73.9 cm³/mol. The largest absolute Gasteiger partial charge is 0.302 e. The zero-order valence-corrected chi connectivity index (χ0v) is 11.9. The number of nitrogens with zero attached hydrogens (tertiary/aromatic N) is 3. The Bertz CT molecular complexity index is 350. The molecule has 5 heteroatoms. The van der Waals surface area contributed by atoms with E-state index < -0.39 is 0 Å². The van der Waals surface area contributed by atoms with E-state index in [0.29, 0.717) is 11.2 Å². The molecule has 0 atom stereocenters. The van der Waals surface area contributed by atoms with Gasteiger partial charge in [-0.1, -0.05) is 12.8 Å². The summed E-state index contributed by atoms with van der Waals surface area (Å²) in [7, 11) is 0. The van der Waals surface area contributed by atoms with Crippen LogP contribution >= 0.6 is 23.4 Å². The van der Waals surface area contributed by atoms with Crippen molar-refractivity contribution in [2.24, 2.45) is 0 Å². The van der Waals surface area contributed by atoms with E-state index in [1.807, 2.05) is 11.8 Å². The van der Waals surface area contributed by atoms with Crippen molar-refractivity contribution in [3.05, 3.63) is 11.1 Å². The van der Waals surface area contributed by atoms with E-state index in [2.05, 4.69) is 21.0 Å². The van der Waals surface area contributed by atoms with Crippen molar-refractivity contribution in [1.82, 2.24) is 14.8 Å². The van der Waals surface area contributed by atoms with Crippen LogP contribution in [0, 0.1) is 0 Å². The van der Waals surface area contributed by atoms with Crippen LogP contribution in [-0.4, -0.2) is 26.8 Å². The minimum absolute atomic E-state index is 0.566. The van der Waals surface area contributed by atoms with Crippen molar-refractivity contribution in [1.29, 1.82) is 0 Å². The van der Waals surface area contributed by atoms with Crippen molar-refractivity contribution in [2.75, 3.05) is 12.0 Å². The van der Waals surface area contributed by atoms with Gasteiger partial charge in [0.2, 0.25) is 5.28 Å². The minimum Gasteiger partial charge on any atom is -0.302 e. The summed E-state index contributed by atoms with van der Waals surface area (Å²) in [6.07, 6.45) is 9.78. The number of hydrogen-bond acceptors (Lipinski definition) is 3. The lowest BCUT2D eigenvalue weighted by Crippen LogP contribution is -2.03. The fourth-order valence-corrected chi connectivity index (χ4v) is 2.72. The molecule has 0 unspecified atom stereocenters. The second kappa shape index (κ2) is 6.64. The van der Waals surface area contributed by atoms with Crippen LogP contribution in [0.15, 0.2) is 0 Å². The van der Waals surface area contributed by atoms with Gasteiger partial charge in [-0.25, -0.2) is 0 Å². The highest BCUT2D eigenvalue weighted by Gasteiger charge is 2.29. The smallest absolute Gasteiger partial charge is 0.225 e. The molecule has 0 aromatic carbocycles. The Morgan fingerprint density at radius 3 is 2.71 bits per heavy atom. The second-order valence-corrected chi connectivity index (χ2v) is 5.98. The summed E-state index contributed by atoms with van der Waals surface area (Å²) in [5.74, 6) is 3.02. The zero-order valence-electron chi connectivity index (χ0n) is 10.4. The number of thioether (sulfide) groups is 1. The third kappa shape index (κ3) is 3.88. The number of aromatic nitrogens is 3. The van der Waals surface area contributed by atoms with E-state index in [-0.39, 0.29) is 0 Å². The molecule has 3 nitrogen and oxygen atoms in total. The van der Waals surface area contributed by atoms with Crippen LogP contribution in [0.1, 0.15) is 50.3 Å². The van der Waals surface area contributed by atoms with E-state index in [0.717, 1.165) is 12.4 Å². The van der Waals surface area contributed by atoms with Crippen LogP contribution in [0.25, 0.3) is 0 Å². The summed E-state index contributed by atoms with van der Waals surface area (Å²) in [4.78, 5) is 0. The van der Waals surface area contributed by atoms with Crippen LogP contribution in [0.3, 0.4) is 0 Å². The highest BCUT2D eigenvalue weighted by Crippen LogP contribution is 2.39. The number of hydrogen-bond donors (Lipinski definition) is 0. The molecule has 0 spiro atoms. The molecule has 0 bridgehead atoms. The number of rotatable bonds is 8. The first-order chi connectivity index (χ1) is 8.33. The molecule has 1 aromatic heterocycles. The van der Waals surface area contributed by atoms with Gasteiger partial charge in [0.05, 0.1) is 0 Å². The molecule has 0 radical (unpaired) electrons. The Morgan fingerprint density at radius 1 is 1.24 bits per heavy atom. The molecule has 1 fully saturated rings. The van der Waals surface area contributed by atoms with E-state index in [1.54, 1.807) is 0 Å². The predicted octanol–water partition coefficient (Wildman–Crippen LogP) is 3.73. The first-order valence-corrected chi connectivity index (χ1v) is 8.17. The van der Waals surface area contributed by atoms with E-state index in [1.165, 1.54) is 44.3 Å². The second-order valence-electron chi connectivity index (χ2n) is 4.66. The quantitative estimate of drug-likeness (QED) is 0.676. The third-order valence-electron chi connectivity index (χ3n) is 3.16.